The predicted molar refractivity (Wildman–Crippen MR) is 45.1 cm³/mol. The van der Waals surface area contributed by atoms with Crippen molar-refractivity contribution in [2.24, 2.45) is 16.6 Å². The van der Waals surface area contributed by atoms with Gasteiger partial charge in [0.2, 0.25) is 0 Å². The Hall–Kier alpha value is -0.180. The normalized spacial score (nSPS) is 33.5. The number of halogens is 2. The fraction of sp³-hybridized carbons (Fsp3) is 1.00. The van der Waals surface area contributed by atoms with Crippen LogP contribution in [0.1, 0.15) is 33.6 Å². The van der Waals surface area contributed by atoms with Crippen molar-refractivity contribution < 1.29 is 8.78 Å². The molecule has 1 unspecified atom stereocenters. The lowest BCUT2D eigenvalue weighted by atomic mass is 9.73. The summed E-state index contributed by atoms with van der Waals surface area (Å²) in [4.78, 5) is 0. The second-order valence-corrected chi connectivity index (χ2v) is 4.40. The molecule has 0 aromatic rings. The van der Waals surface area contributed by atoms with Crippen molar-refractivity contribution in [3.8, 4) is 0 Å². The smallest absolute Gasteiger partial charge is 0.256 e. The van der Waals surface area contributed by atoms with Crippen molar-refractivity contribution in [1.29, 1.82) is 0 Å². The third-order valence-corrected chi connectivity index (χ3v) is 3.63. The van der Waals surface area contributed by atoms with Gasteiger partial charge in [0.1, 0.15) is 0 Å². The molecule has 0 saturated heterocycles. The van der Waals surface area contributed by atoms with Crippen LogP contribution >= 0.6 is 0 Å². The molecule has 0 aromatic carbocycles. The highest BCUT2D eigenvalue weighted by Gasteiger charge is 2.75. The summed E-state index contributed by atoms with van der Waals surface area (Å²) in [5.74, 6) is -2.53. The zero-order valence-electron chi connectivity index (χ0n) is 7.95. The van der Waals surface area contributed by atoms with Crippen LogP contribution in [0, 0.1) is 10.8 Å². The molecule has 0 bridgehead atoms. The third kappa shape index (κ3) is 0.987. The Bertz CT molecular complexity index is 189. The summed E-state index contributed by atoms with van der Waals surface area (Å²) in [6.07, 6.45) is 0.719. The molecule has 0 amide bonds. The van der Waals surface area contributed by atoms with Crippen molar-refractivity contribution >= 4 is 0 Å². The number of rotatable bonds is 3. The predicted octanol–water partition coefficient (Wildman–Crippen LogP) is 2.41. The highest BCUT2D eigenvalue weighted by molar-refractivity contribution is 5.16. The lowest BCUT2D eigenvalue weighted by molar-refractivity contribution is 0.0103. The minimum Gasteiger partial charge on any atom is -0.330 e. The molecular weight excluding hydrogens is 160 g/mol. The number of alkyl halides is 2. The van der Waals surface area contributed by atoms with Gasteiger partial charge in [-0.3, -0.25) is 0 Å². The van der Waals surface area contributed by atoms with E-state index in [1.54, 1.807) is 0 Å². The van der Waals surface area contributed by atoms with E-state index >= 15 is 0 Å². The summed E-state index contributed by atoms with van der Waals surface area (Å²) in [5.41, 5.74) is 4.16. The lowest BCUT2D eigenvalue weighted by Crippen LogP contribution is -2.36. The van der Waals surface area contributed by atoms with E-state index in [2.05, 4.69) is 0 Å². The Balaban J connectivity index is 2.86. The maximum atomic E-state index is 13.1. The topological polar surface area (TPSA) is 26.0 Å². The standard InChI is InChI=1S/C9H17F2N/c1-4-7(2,3)8(6-12)5-9(8,10)11/h4-6,12H2,1-3H3. The molecule has 1 atom stereocenters. The third-order valence-electron chi connectivity index (χ3n) is 3.63. The van der Waals surface area contributed by atoms with Crippen LogP contribution in [0.4, 0.5) is 8.78 Å². The quantitative estimate of drug-likeness (QED) is 0.703. The van der Waals surface area contributed by atoms with Gasteiger partial charge in [-0.1, -0.05) is 27.2 Å². The van der Waals surface area contributed by atoms with Crippen LogP contribution in [0.2, 0.25) is 0 Å². The van der Waals surface area contributed by atoms with Crippen LogP contribution in [-0.2, 0) is 0 Å². The van der Waals surface area contributed by atoms with Crippen molar-refractivity contribution in [3.63, 3.8) is 0 Å². The van der Waals surface area contributed by atoms with E-state index in [4.69, 9.17) is 5.73 Å². The van der Waals surface area contributed by atoms with Crippen LogP contribution in [0.15, 0.2) is 0 Å². The summed E-state index contributed by atoms with van der Waals surface area (Å²) in [5, 5.41) is 0. The molecule has 1 saturated carbocycles. The highest BCUT2D eigenvalue weighted by Crippen LogP contribution is 2.69. The second kappa shape index (κ2) is 2.41. The molecule has 0 aromatic heterocycles. The molecule has 0 spiro atoms. The maximum absolute atomic E-state index is 13.1. The molecular formula is C9H17F2N. The average molecular weight is 177 g/mol. The van der Waals surface area contributed by atoms with Gasteiger partial charge in [0.25, 0.3) is 5.92 Å². The highest BCUT2D eigenvalue weighted by atomic mass is 19.3. The fourth-order valence-electron chi connectivity index (χ4n) is 1.91. The van der Waals surface area contributed by atoms with Gasteiger partial charge < -0.3 is 5.73 Å². The molecule has 0 radical (unpaired) electrons. The van der Waals surface area contributed by atoms with Crippen molar-refractivity contribution in [2.45, 2.75) is 39.5 Å². The zero-order chi connectivity index (χ0) is 9.62. The summed E-state index contributed by atoms with van der Waals surface area (Å²) < 4.78 is 26.1. The van der Waals surface area contributed by atoms with Gasteiger partial charge in [-0.2, -0.15) is 0 Å². The summed E-state index contributed by atoms with van der Waals surface area (Å²) in [6, 6.07) is 0. The molecule has 0 heterocycles. The van der Waals surface area contributed by atoms with Gasteiger partial charge in [-0.05, 0) is 5.41 Å². The molecule has 72 valence electrons. The first-order valence-corrected chi connectivity index (χ1v) is 4.41. The van der Waals surface area contributed by atoms with E-state index < -0.39 is 11.3 Å². The Morgan fingerprint density at radius 2 is 1.83 bits per heavy atom. The Morgan fingerprint density at radius 1 is 1.42 bits per heavy atom. The van der Waals surface area contributed by atoms with Gasteiger partial charge >= 0.3 is 0 Å². The fourth-order valence-corrected chi connectivity index (χ4v) is 1.91. The molecule has 2 N–H and O–H groups in total. The van der Waals surface area contributed by atoms with Crippen molar-refractivity contribution in [1.82, 2.24) is 0 Å². The van der Waals surface area contributed by atoms with Gasteiger partial charge in [0.15, 0.2) is 0 Å². The van der Waals surface area contributed by atoms with E-state index in [0.717, 1.165) is 6.42 Å². The molecule has 1 fully saturated rings. The molecule has 12 heavy (non-hydrogen) atoms. The van der Waals surface area contributed by atoms with Crippen LogP contribution in [-0.4, -0.2) is 12.5 Å². The molecule has 1 rings (SSSR count). The zero-order valence-corrected chi connectivity index (χ0v) is 7.95. The summed E-state index contributed by atoms with van der Waals surface area (Å²) in [6.45, 7) is 5.79. The first-order chi connectivity index (χ1) is 5.33. The SMILES string of the molecule is CCC(C)(C)C1(CN)CC1(F)F. The summed E-state index contributed by atoms with van der Waals surface area (Å²) in [7, 11) is 0. The van der Waals surface area contributed by atoms with Gasteiger partial charge in [-0.25, -0.2) is 8.78 Å². The van der Waals surface area contributed by atoms with E-state index in [1.807, 2.05) is 20.8 Å². The van der Waals surface area contributed by atoms with Crippen LogP contribution in [0.25, 0.3) is 0 Å². The molecule has 1 aliphatic carbocycles. The average Bonchev–Trinajstić information content (AvgIpc) is 2.55. The van der Waals surface area contributed by atoms with E-state index in [9.17, 15) is 8.78 Å². The minimum atomic E-state index is -2.53. The Kier molecular flexibility index (Phi) is 1.99. The molecule has 1 aliphatic rings. The molecule has 3 heteroatoms. The largest absolute Gasteiger partial charge is 0.330 e. The van der Waals surface area contributed by atoms with E-state index in [0.29, 0.717) is 0 Å². The maximum Gasteiger partial charge on any atom is 0.256 e. The lowest BCUT2D eigenvalue weighted by Gasteiger charge is -2.33. The van der Waals surface area contributed by atoms with Crippen LogP contribution in [0.3, 0.4) is 0 Å². The minimum absolute atomic E-state index is 0.0304. The number of hydrogen-bond donors (Lipinski definition) is 1. The second-order valence-electron chi connectivity index (χ2n) is 4.40. The summed E-state index contributed by atoms with van der Waals surface area (Å²) >= 11 is 0. The Morgan fingerprint density at radius 3 is 1.92 bits per heavy atom. The van der Waals surface area contributed by atoms with Crippen LogP contribution < -0.4 is 5.73 Å². The monoisotopic (exact) mass is 177 g/mol. The molecule has 1 nitrogen and oxygen atoms in total. The van der Waals surface area contributed by atoms with Crippen molar-refractivity contribution in [3.05, 3.63) is 0 Å². The van der Waals surface area contributed by atoms with E-state index in [1.165, 1.54) is 0 Å². The molecule has 0 aliphatic heterocycles. The number of hydrogen-bond acceptors (Lipinski definition) is 1. The van der Waals surface area contributed by atoms with Gasteiger partial charge in [0, 0.05) is 13.0 Å². The number of nitrogens with two attached hydrogens (primary N) is 1. The Labute approximate surface area is 72.3 Å². The van der Waals surface area contributed by atoms with Crippen molar-refractivity contribution in [2.75, 3.05) is 6.54 Å². The first kappa shape index (κ1) is 9.90. The van der Waals surface area contributed by atoms with Crippen LogP contribution in [0.5, 0.6) is 0 Å². The van der Waals surface area contributed by atoms with Gasteiger partial charge in [0.05, 0.1) is 5.41 Å². The first-order valence-electron chi connectivity index (χ1n) is 4.41. The van der Waals surface area contributed by atoms with E-state index in [-0.39, 0.29) is 18.4 Å². The van der Waals surface area contributed by atoms with Gasteiger partial charge in [-0.15, -0.1) is 0 Å².